The molecule has 1 aromatic carbocycles. The predicted molar refractivity (Wildman–Crippen MR) is 77.6 cm³/mol. The Morgan fingerprint density at radius 3 is 2.22 bits per heavy atom. The van der Waals surface area contributed by atoms with Crippen LogP contribution in [0.5, 0.6) is 0 Å². The number of halogens is 3. The molecule has 2 rings (SSSR count). The Labute approximate surface area is 132 Å². The van der Waals surface area contributed by atoms with Gasteiger partial charge < -0.3 is 14.7 Å². The van der Waals surface area contributed by atoms with Crippen LogP contribution in [-0.2, 0) is 15.1 Å². The molecule has 1 fully saturated rings. The minimum Gasteiger partial charge on any atom is -0.377 e. The summed E-state index contributed by atoms with van der Waals surface area (Å²) < 4.78 is 45.7. The minimum atomic E-state index is -4.96. The third-order valence-electron chi connectivity index (χ3n) is 4.08. The molecule has 1 saturated heterocycles. The maximum absolute atomic E-state index is 13.5. The molecule has 0 aliphatic carbocycles. The van der Waals surface area contributed by atoms with Gasteiger partial charge >= 0.3 is 6.18 Å². The first-order valence-electron chi connectivity index (χ1n) is 7.40. The molecule has 7 heteroatoms. The smallest absolute Gasteiger partial charge is 0.377 e. The number of amides is 1. The van der Waals surface area contributed by atoms with Crippen molar-refractivity contribution in [1.29, 1.82) is 0 Å². The van der Waals surface area contributed by atoms with Crippen molar-refractivity contribution in [2.45, 2.75) is 44.1 Å². The second-order valence-electron chi connectivity index (χ2n) is 5.94. The van der Waals surface area contributed by atoms with E-state index >= 15 is 0 Å². The van der Waals surface area contributed by atoms with Gasteiger partial charge in [-0.25, -0.2) is 0 Å². The second kappa shape index (κ2) is 6.49. The van der Waals surface area contributed by atoms with E-state index in [2.05, 4.69) is 0 Å². The molecule has 0 unspecified atom stereocenters. The van der Waals surface area contributed by atoms with Gasteiger partial charge in [-0.2, -0.15) is 13.2 Å². The molecule has 0 saturated carbocycles. The van der Waals surface area contributed by atoms with E-state index in [1.807, 2.05) is 0 Å². The Morgan fingerprint density at radius 2 is 1.74 bits per heavy atom. The van der Waals surface area contributed by atoms with Crippen molar-refractivity contribution in [3.63, 3.8) is 0 Å². The molecule has 1 heterocycles. The molecule has 1 N–H and O–H groups in total. The Kier molecular flexibility index (Phi) is 5.01. The van der Waals surface area contributed by atoms with Crippen LogP contribution in [0.15, 0.2) is 30.3 Å². The van der Waals surface area contributed by atoms with Crippen LogP contribution >= 0.6 is 0 Å². The Morgan fingerprint density at radius 1 is 1.22 bits per heavy atom. The number of aliphatic hydroxyl groups is 1. The first-order valence-corrected chi connectivity index (χ1v) is 7.40. The van der Waals surface area contributed by atoms with Crippen LogP contribution in [0.2, 0.25) is 0 Å². The highest BCUT2D eigenvalue weighted by Crippen LogP contribution is 2.42. The van der Waals surface area contributed by atoms with E-state index in [1.54, 1.807) is 19.9 Å². The number of carbonyl (C=O) groups excluding carboxylic acids is 1. The largest absolute Gasteiger partial charge is 0.421 e. The minimum absolute atomic E-state index is 0.270. The summed E-state index contributed by atoms with van der Waals surface area (Å²) in [6.07, 6.45) is -6.00. The monoisotopic (exact) mass is 331 g/mol. The number of alkyl halides is 3. The van der Waals surface area contributed by atoms with Gasteiger partial charge in [-0.3, -0.25) is 4.79 Å². The van der Waals surface area contributed by atoms with Crippen LogP contribution in [0.3, 0.4) is 0 Å². The molecule has 0 bridgehead atoms. The summed E-state index contributed by atoms with van der Waals surface area (Å²) in [4.78, 5) is 13.8. The highest BCUT2D eigenvalue weighted by Gasteiger charge is 2.56. The van der Waals surface area contributed by atoms with E-state index in [0.29, 0.717) is 0 Å². The zero-order valence-corrected chi connectivity index (χ0v) is 13.0. The highest BCUT2D eigenvalue weighted by molar-refractivity contribution is 5.78. The SMILES string of the molecule is C[C@@H]1COC[C@@H](C)N1C(=O)C[C@@](O)(c1ccccc1)C(F)(F)F. The molecule has 0 radical (unpaired) electrons. The number of hydrogen-bond donors (Lipinski definition) is 1. The molecule has 1 aromatic rings. The summed E-state index contributed by atoms with van der Waals surface area (Å²) >= 11 is 0. The van der Waals surface area contributed by atoms with Gasteiger partial charge in [0.2, 0.25) is 5.91 Å². The molecule has 4 nitrogen and oxygen atoms in total. The fourth-order valence-corrected chi connectivity index (χ4v) is 2.89. The number of hydrogen-bond acceptors (Lipinski definition) is 3. The average Bonchev–Trinajstić information content (AvgIpc) is 2.46. The lowest BCUT2D eigenvalue weighted by atomic mass is 9.88. The molecule has 128 valence electrons. The molecular weight excluding hydrogens is 311 g/mol. The van der Waals surface area contributed by atoms with Crippen LogP contribution in [0, 0.1) is 0 Å². The number of rotatable bonds is 3. The van der Waals surface area contributed by atoms with E-state index in [0.717, 1.165) is 0 Å². The third-order valence-corrected chi connectivity index (χ3v) is 4.08. The normalized spacial score (nSPS) is 25.0. The van der Waals surface area contributed by atoms with Gasteiger partial charge in [0.1, 0.15) is 0 Å². The molecular formula is C16H20F3NO3. The van der Waals surface area contributed by atoms with Crippen molar-refractivity contribution in [2.24, 2.45) is 0 Å². The van der Waals surface area contributed by atoms with E-state index in [4.69, 9.17) is 4.74 Å². The number of nitrogens with zero attached hydrogens (tertiary/aromatic N) is 1. The lowest BCUT2D eigenvalue weighted by molar-refractivity contribution is -0.269. The van der Waals surface area contributed by atoms with Crippen molar-refractivity contribution < 1.29 is 27.8 Å². The van der Waals surface area contributed by atoms with Gasteiger partial charge in [0.25, 0.3) is 0 Å². The molecule has 0 aromatic heterocycles. The topological polar surface area (TPSA) is 49.8 Å². The summed E-state index contributed by atoms with van der Waals surface area (Å²) in [5, 5.41) is 10.3. The Bertz CT molecular complexity index is 539. The van der Waals surface area contributed by atoms with Crippen molar-refractivity contribution in [3.8, 4) is 0 Å². The van der Waals surface area contributed by atoms with E-state index in [9.17, 15) is 23.1 Å². The summed E-state index contributed by atoms with van der Waals surface area (Å²) in [5.41, 5.74) is -3.54. The predicted octanol–water partition coefficient (Wildman–Crippen LogP) is 2.46. The summed E-state index contributed by atoms with van der Waals surface area (Å²) in [7, 11) is 0. The van der Waals surface area contributed by atoms with Gasteiger partial charge in [-0.05, 0) is 19.4 Å². The standard InChI is InChI=1S/C16H20F3NO3/c1-11-9-23-10-12(2)20(11)14(21)8-15(22,16(17,18)19)13-6-4-3-5-7-13/h3-7,11-12,22H,8-10H2,1-2H3/t11-,12-,15-/m1/s1. The maximum Gasteiger partial charge on any atom is 0.421 e. The van der Waals surface area contributed by atoms with Crippen LogP contribution < -0.4 is 0 Å². The summed E-state index contributed by atoms with van der Waals surface area (Å²) in [6.45, 7) is 3.96. The van der Waals surface area contributed by atoms with E-state index in [1.165, 1.54) is 29.2 Å². The molecule has 1 amide bonds. The zero-order valence-electron chi connectivity index (χ0n) is 13.0. The molecule has 1 aliphatic heterocycles. The molecule has 3 atom stereocenters. The number of ether oxygens (including phenoxy) is 1. The first kappa shape index (κ1) is 17.7. The van der Waals surface area contributed by atoms with Crippen LogP contribution in [0.4, 0.5) is 13.2 Å². The third kappa shape index (κ3) is 3.50. The average molecular weight is 331 g/mol. The van der Waals surface area contributed by atoms with Gasteiger partial charge in [-0.15, -0.1) is 0 Å². The lowest BCUT2D eigenvalue weighted by Gasteiger charge is -2.41. The van der Waals surface area contributed by atoms with E-state index < -0.39 is 24.1 Å². The van der Waals surface area contributed by atoms with Gasteiger partial charge in [0.15, 0.2) is 5.60 Å². The molecule has 1 aliphatic rings. The molecule has 23 heavy (non-hydrogen) atoms. The van der Waals surface area contributed by atoms with Crippen molar-refractivity contribution in [1.82, 2.24) is 4.90 Å². The number of morpholine rings is 1. The fourth-order valence-electron chi connectivity index (χ4n) is 2.89. The van der Waals surface area contributed by atoms with Crippen molar-refractivity contribution in [3.05, 3.63) is 35.9 Å². The summed E-state index contributed by atoms with van der Waals surface area (Å²) in [5.74, 6) is -0.739. The van der Waals surface area contributed by atoms with Crippen LogP contribution in [0.1, 0.15) is 25.8 Å². The van der Waals surface area contributed by atoms with Crippen LogP contribution in [0.25, 0.3) is 0 Å². The fraction of sp³-hybridized carbons (Fsp3) is 0.562. The molecule has 0 spiro atoms. The quantitative estimate of drug-likeness (QED) is 0.926. The zero-order chi connectivity index (χ0) is 17.3. The van der Waals surface area contributed by atoms with E-state index in [-0.39, 0.29) is 30.9 Å². The summed E-state index contributed by atoms with van der Waals surface area (Å²) in [6, 6.07) is 6.03. The maximum atomic E-state index is 13.5. The van der Waals surface area contributed by atoms with Gasteiger partial charge in [-0.1, -0.05) is 30.3 Å². The Hall–Kier alpha value is -1.60. The van der Waals surface area contributed by atoms with Crippen molar-refractivity contribution in [2.75, 3.05) is 13.2 Å². The number of carbonyl (C=O) groups is 1. The van der Waals surface area contributed by atoms with Crippen LogP contribution in [-0.4, -0.2) is 47.4 Å². The van der Waals surface area contributed by atoms with Crippen molar-refractivity contribution >= 4 is 5.91 Å². The van der Waals surface area contributed by atoms with Gasteiger partial charge in [0, 0.05) is 0 Å². The Balaban J connectivity index is 2.30. The highest BCUT2D eigenvalue weighted by atomic mass is 19.4. The lowest BCUT2D eigenvalue weighted by Crippen LogP contribution is -2.55. The second-order valence-corrected chi connectivity index (χ2v) is 5.94. The first-order chi connectivity index (χ1) is 10.7. The number of benzene rings is 1. The van der Waals surface area contributed by atoms with Gasteiger partial charge in [0.05, 0.1) is 31.7 Å².